The van der Waals surface area contributed by atoms with Gasteiger partial charge < -0.3 is 15.2 Å². The first-order valence-electron chi connectivity index (χ1n) is 7.39. The molecule has 0 bridgehead atoms. The number of hydrogen-bond acceptors (Lipinski definition) is 4. The fourth-order valence-corrected chi connectivity index (χ4v) is 3.02. The van der Waals surface area contributed by atoms with Gasteiger partial charge in [0.15, 0.2) is 11.5 Å². The third kappa shape index (κ3) is 6.90. The van der Waals surface area contributed by atoms with E-state index in [1.54, 1.807) is 6.07 Å². The highest BCUT2D eigenvalue weighted by atomic mass is 35.5. The molecule has 0 aromatic heterocycles. The number of alkyl halides is 3. The van der Waals surface area contributed by atoms with E-state index < -0.39 is 18.6 Å². The number of nitrogens with zero attached hydrogens (tertiary/aromatic N) is 1. The van der Waals surface area contributed by atoms with Gasteiger partial charge in [0, 0.05) is 38.6 Å². The Morgan fingerprint density at radius 3 is 2.40 bits per heavy atom. The van der Waals surface area contributed by atoms with Crippen LogP contribution in [-0.2, 0) is 0 Å². The second-order valence-electron chi connectivity index (χ2n) is 5.51. The van der Waals surface area contributed by atoms with Gasteiger partial charge in [-0.2, -0.15) is 13.2 Å². The zero-order chi connectivity index (χ0) is 17.0. The molecule has 0 unspecified atom stereocenters. The summed E-state index contributed by atoms with van der Waals surface area (Å²) in [6, 6.07) is 2.65. The minimum Gasteiger partial charge on any atom is -0.503 e. The van der Waals surface area contributed by atoms with E-state index in [1.165, 1.54) is 13.2 Å². The number of phenolic OH excluding ortho intramolecular Hbond substituents is 1. The quantitative estimate of drug-likeness (QED) is 0.743. The summed E-state index contributed by atoms with van der Waals surface area (Å²) in [6.07, 6.45) is -5.15. The molecule has 10 heteroatoms. The molecular weight excluding hydrogens is 404 g/mol. The molecule has 0 amide bonds. The van der Waals surface area contributed by atoms with Crippen LogP contribution in [0.2, 0.25) is 5.02 Å². The topological polar surface area (TPSA) is 44.7 Å². The SMILES string of the molecule is COc1cc([C@H](CCC(F)(F)F)N2CCNCC2)cc(Cl)c1O.Cl.Cl. The van der Waals surface area contributed by atoms with Gasteiger partial charge in [0.25, 0.3) is 0 Å². The molecule has 1 saturated heterocycles. The van der Waals surface area contributed by atoms with Crippen molar-refractivity contribution in [3.63, 3.8) is 0 Å². The van der Waals surface area contributed by atoms with E-state index >= 15 is 0 Å². The summed E-state index contributed by atoms with van der Waals surface area (Å²) in [6.45, 7) is 2.77. The highest BCUT2D eigenvalue weighted by Crippen LogP contribution is 2.40. The first kappa shape index (κ1) is 24.4. The average molecular weight is 426 g/mol. The number of benzene rings is 1. The van der Waals surface area contributed by atoms with Crippen LogP contribution in [0.25, 0.3) is 0 Å². The van der Waals surface area contributed by atoms with Crippen LogP contribution in [0.3, 0.4) is 0 Å². The second kappa shape index (κ2) is 10.5. The molecule has 1 heterocycles. The number of halogens is 6. The van der Waals surface area contributed by atoms with Crippen LogP contribution in [0.15, 0.2) is 12.1 Å². The summed E-state index contributed by atoms with van der Waals surface area (Å²) in [4.78, 5) is 2.00. The Morgan fingerprint density at radius 2 is 1.88 bits per heavy atom. The molecule has 1 fully saturated rings. The van der Waals surface area contributed by atoms with Crippen molar-refractivity contribution in [2.75, 3.05) is 33.3 Å². The lowest BCUT2D eigenvalue weighted by atomic mass is 9.98. The molecular formula is C15H22Cl3F3N2O2. The van der Waals surface area contributed by atoms with E-state index in [4.69, 9.17) is 16.3 Å². The normalized spacial score (nSPS) is 16.5. The summed E-state index contributed by atoms with van der Waals surface area (Å²) >= 11 is 5.99. The monoisotopic (exact) mass is 424 g/mol. The molecule has 1 aromatic rings. The third-order valence-corrected chi connectivity index (χ3v) is 4.24. The van der Waals surface area contributed by atoms with Crippen LogP contribution in [-0.4, -0.2) is 49.5 Å². The van der Waals surface area contributed by atoms with E-state index in [9.17, 15) is 18.3 Å². The molecule has 1 aliphatic heterocycles. The Hall–Kier alpha value is -0.600. The number of nitrogens with one attached hydrogen (secondary N) is 1. The largest absolute Gasteiger partial charge is 0.503 e. The van der Waals surface area contributed by atoms with E-state index in [2.05, 4.69) is 5.32 Å². The minimum absolute atomic E-state index is 0. The Balaban J connectivity index is 0.00000288. The molecule has 0 aliphatic carbocycles. The lowest BCUT2D eigenvalue weighted by molar-refractivity contribution is -0.138. The van der Waals surface area contributed by atoms with Gasteiger partial charge in [0.05, 0.1) is 12.1 Å². The van der Waals surface area contributed by atoms with Gasteiger partial charge in [0.2, 0.25) is 0 Å². The van der Waals surface area contributed by atoms with Crippen LogP contribution in [0.4, 0.5) is 13.2 Å². The summed E-state index contributed by atoms with van der Waals surface area (Å²) in [5.41, 5.74) is 0.621. The fourth-order valence-electron chi connectivity index (χ4n) is 2.80. The highest BCUT2D eigenvalue weighted by Gasteiger charge is 2.32. The Kier molecular flexibility index (Phi) is 10.3. The van der Waals surface area contributed by atoms with E-state index in [1.807, 2.05) is 4.90 Å². The van der Waals surface area contributed by atoms with Crippen LogP contribution in [0.5, 0.6) is 11.5 Å². The van der Waals surface area contributed by atoms with Crippen molar-refractivity contribution in [1.29, 1.82) is 0 Å². The smallest absolute Gasteiger partial charge is 0.389 e. The van der Waals surface area contributed by atoms with Crippen molar-refractivity contribution >= 4 is 36.4 Å². The highest BCUT2D eigenvalue weighted by molar-refractivity contribution is 6.32. The van der Waals surface area contributed by atoms with Crippen molar-refractivity contribution < 1.29 is 23.0 Å². The molecule has 0 spiro atoms. The molecule has 146 valence electrons. The van der Waals surface area contributed by atoms with Gasteiger partial charge in [0.1, 0.15) is 0 Å². The maximum atomic E-state index is 12.7. The number of ether oxygens (including phenoxy) is 1. The number of phenols is 1. The minimum atomic E-state index is -4.21. The number of rotatable bonds is 5. The van der Waals surface area contributed by atoms with E-state index in [-0.39, 0.29) is 47.8 Å². The van der Waals surface area contributed by atoms with Gasteiger partial charge >= 0.3 is 6.18 Å². The van der Waals surface area contributed by atoms with Gasteiger partial charge in [-0.15, -0.1) is 24.8 Å². The molecule has 25 heavy (non-hydrogen) atoms. The maximum absolute atomic E-state index is 12.7. The zero-order valence-corrected chi connectivity index (χ0v) is 16.0. The summed E-state index contributed by atoms with van der Waals surface area (Å²) in [5.74, 6) is -0.0348. The van der Waals surface area contributed by atoms with Crippen molar-refractivity contribution in [2.45, 2.75) is 25.1 Å². The molecule has 1 aliphatic rings. The van der Waals surface area contributed by atoms with Crippen molar-refractivity contribution in [2.24, 2.45) is 0 Å². The zero-order valence-electron chi connectivity index (χ0n) is 13.6. The van der Waals surface area contributed by atoms with Crippen LogP contribution >= 0.6 is 36.4 Å². The fraction of sp³-hybridized carbons (Fsp3) is 0.600. The Labute approximate surface area is 162 Å². The first-order chi connectivity index (χ1) is 10.8. The summed E-state index contributed by atoms with van der Waals surface area (Å²) in [5, 5.41) is 13.1. The molecule has 2 rings (SSSR count). The predicted octanol–water partition coefficient (Wildman–Crippen LogP) is 4.19. The summed E-state index contributed by atoms with van der Waals surface area (Å²) in [7, 11) is 1.38. The molecule has 0 saturated carbocycles. The standard InChI is InChI=1S/C15H20ClF3N2O2.2ClH/c1-23-13-9-10(8-11(16)14(13)22)12(2-3-15(17,18)19)21-6-4-20-5-7-21;;/h8-9,12,20,22H,2-7H2,1H3;2*1H/t12-;;/m0../s1. The van der Waals surface area contributed by atoms with Crippen LogP contribution < -0.4 is 10.1 Å². The van der Waals surface area contributed by atoms with Crippen LogP contribution in [0, 0.1) is 0 Å². The van der Waals surface area contributed by atoms with Crippen LogP contribution in [0.1, 0.15) is 24.4 Å². The first-order valence-corrected chi connectivity index (χ1v) is 7.77. The molecule has 1 atom stereocenters. The van der Waals surface area contributed by atoms with E-state index in [0.717, 1.165) is 13.1 Å². The molecule has 2 N–H and O–H groups in total. The van der Waals surface area contributed by atoms with Gasteiger partial charge in [-0.3, -0.25) is 4.90 Å². The summed E-state index contributed by atoms with van der Waals surface area (Å²) < 4.78 is 43.1. The van der Waals surface area contributed by atoms with Gasteiger partial charge in [-0.1, -0.05) is 11.6 Å². The maximum Gasteiger partial charge on any atom is 0.389 e. The number of aromatic hydroxyl groups is 1. The Morgan fingerprint density at radius 1 is 1.28 bits per heavy atom. The number of piperazine rings is 1. The molecule has 4 nitrogen and oxygen atoms in total. The molecule has 0 radical (unpaired) electrons. The number of hydrogen-bond donors (Lipinski definition) is 2. The van der Waals surface area contributed by atoms with E-state index in [0.29, 0.717) is 18.7 Å². The number of methoxy groups -OCH3 is 1. The van der Waals surface area contributed by atoms with Crippen molar-refractivity contribution in [1.82, 2.24) is 10.2 Å². The average Bonchev–Trinajstić information content (AvgIpc) is 2.50. The lowest BCUT2D eigenvalue weighted by Crippen LogP contribution is -2.45. The predicted molar refractivity (Wildman–Crippen MR) is 96.6 cm³/mol. The second-order valence-corrected chi connectivity index (χ2v) is 5.92. The third-order valence-electron chi connectivity index (χ3n) is 3.95. The Bertz CT molecular complexity index is 541. The van der Waals surface area contributed by atoms with Gasteiger partial charge in [-0.25, -0.2) is 0 Å². The van der Waals surface area contributed by atoms with Crippen molar-refractivity contribution in [3.8, 4) is 11.5 Å². The molecule has 1 aromatic carbocycles. The lowest BCUT2D eigenvalue weighted by Gasteiger charge is -2.35. The van der Waals surface area contributed by atoms with Gasteiger partial charge in [-0.05, 0) is 24.1 Å². The van der Waals surface area contributed by atoms with Crippen molar-refractivity contribution in [3.05, 3.63) is 22.7 Å².